The minimum Gasteiger partial charge on any atom is -0.498 e. The number of hydrogen-bond acceptors (Lipinski definition) is 3. The fourth-order valence-corrected chi connectivity index (χ4v) is 3.45. The average molecular weight is 436 g/mol. The van der Waals surface area contributed by atoms with Crippen molar-refractivity contribution in [2.45, 2.75) is 40.5 Å². The smallest absolute Gasteiger partial charge is 0.140 e. The Bertz CT molecular complexity index is 513. The number of hydrogen-bond donors (Lipinski definition) is 0. The molecule has 0 atom stereocenters. The maximum atomic E-state index is 5.98. The molecule has 3 nitrogen and oxygen atoms in total. The van der Waals surface area contributed by atoms with Crippen LogP contribution >= 0.6 is 31.9 Å². The van der Waals surface area contributed by atoms with Crippen LogP contribution in [-0.2, 0) is 11.2 Å². The van der Waals surface area contributed by atoms with Gasteiger partial charge in [-0.15, -0.1) is 0 Å². The average Bonchev–Trinajstić information content (AvgIpc) is 2.51. The Balaban J connectivity index is 3.10. The lowest BCUT2D eigenvalue weighted by Gasteiger charge is -2.20. The molecule has 0 bridgehead atoms. The molecule has 0 radical (unpaired) electrons. The van der Waals surface area contributed by atoms with Crippen molar-refractivity contribution in [2.75, 3.05) is 19.8 Å². The third kappa shape index (κ3) is 4.92. The molecular formula is C17H24Br2O3. The van der Waals surface area contributed by atoms with Crippen LogP contribution in [0.4, 0.5) is 0 Å². The lowest BCUT2D eigenvalue weighted by atomic mass is 10.0. The highest BCUT2D eigenvalue weighted by molar-refractivity contribution is 9.11. The molecule has 0 saturated heterocycles. The van der Waals surface area contributed by atoms with Gasteiger partial charge in [0.25, 0.3) is 0 Å². The summed E-state index contributed by atoms with van der Waals surface area (Å²) in [6.07, 6.45) is 5.45. The van der Waals surface area contributed by atoms with Crippen LogP contribution < -0.4 is 9.47 Å². The highest BCUT2D eigenvalue weighted by atomic mass is 79.9. The third-order valence-electron chi connectivity index (χ3n) is 3.07. The predicted octanol–water partition coefficient (Wildman–Crippen LogP) is 5.80. The molecule has 0 unspecified atom stereocenters. The van der Waals surface area contributed by atoms with E-state index < -0.39 is 0 Å². The van der Waals surface area contributed by atoms with Crippen LogP contribution in [0.5, 0.6) is 11.5 Å². The molecule has 124 valence electrons. The largest absolute Gasteiger partial charge is 0.498 e. The van der Waals surface area contributed by atoms with Crippen molar-refractivity contribution in [3.63, 3.8) is 0 Å². The molecule has 5 heteroatoms. The van der Waals surface area contributed by atoms with Gasteiger partial charge >= 0.3 is 0 Å². The van der Waals surface area contributed by atoms with Crippen LogP contribution in [0.15, 0.2) is 21.3 Å². The Hall–Kier alpha value is -0.680. The van der Waals surface area contributed by atoms with Crippen molar-refractivity contribution in [2.24, 2.45) is 0 Å². The predicted molar refractivity (Wildman–Crippen MR) is 98.0 cm³/mol. The number of benzene rings is 1. The summed E-state index contributed by atoms with van der Waals surface area (Å²) < 4.78 is 19.1. The zero-order valence-electron chi connectivity index (χ0n) is 13.7. The second-order valence-corrected chi connectivity index (χ2v) is 6.35. The van der Waals surface area contributed by atoms with Gasteiger partial charge in [-0.3, -0.25) is 0 Å². The van der Waals surface area contributed by atoms with E-state index in [4.69, 9.17) is 14.2 Å². The van der Waals surface area contributed by atoms with E-state index in [0.29, 0.717) is 19.8 Å². The number of rotatable bonds is 9. The first-order valence-electron chi connectivity index (χ1n) is 7.57. The summed E-state index contributed by atoms with van der Waals surface area (Å²) >= 11 is 7.30. The molecular weight excluding hydrogens is 412 g/mol. The Morgan fingerprint density at radius 3 is 2.18 bits per heavy atom. The van der Waals surface area contributed by atoms with Crippen LogP contribution in [-0.4, -0.2) is 19.8 Å². The summed E-state index contributed by atoms with van der Waals surface area (Å²) in [4.78, 5) is 0. The van der Waals surface area contributed by atoms with Gasteiger partial charge in [0.05, 0.1) is 21.8 Å². The number of halogens is 2. The Morgan fingerprint density at radius 2 is 1.64 bits per heavy atom. The van der Waals surface area contributed by atoms with Crippen molar-refractivity contribution in [3.8, 4) is 11.5 Å². The van der Waals surface area contributed by atoms with Gasteiger partial charge in [0.15, 0.2) is 0 Å². The van der Waals surface area contributed by atoms with Gasteiger partial charge in [-0.1, -0.05) is 19.4 Å². The molecule has 0 N–H and O–H groups in total. The summed E-state index contributed by atoms with van der Waals surface area (Å²) in [6.45, 7) is 9.73. The fraction of sp³-hybridized carbons (Fsp3) is 0.529. The summed E-state index contributed by atoms with van der Waals surface area (Å²) in [5, 5.41) is 0. The van der Waals surface area contributed by atoms with E-state index in [0.717, 1.165) is 44.4 Å². The Labute approximate surface area is 150 Å². The Morgan fingerprint density at radius 1 is 1.00 bits per heavy atom. The Kier molecular flexibility index (Phi) is 8.95. The van der Waals surface area contributed by atoms with Crippen LogP contribution in [0.3, 0.4) is 0 Å². The van der Waals surface area contributed by atoms with E-state index in [1.165, 1.54) is 0 Å². The van der Waals surface area contributed by atoms with Crippen molar-refractivity contribution in [3.05, 3.63) is 32.4 Å². The van der Waals surface area contributed by atoms with Gasteiger partial charge in [-0.05, 0) is 64.6 Å². The maximum absolute atomic E-state index is 5.98. The fourth-order valence-electron chi connectivity index (χ4n) is 2.08. The minimum absolute atomic E-state index is 0.492. The van der Waals surface area contributed by atoms with E-state index >= 15 is 0 Å². The first-order valence-corrected chi connectivity index (χ1v) is 9.15. The van der Waals surface area contributed by atoms with Gasteiger partial charge in [-0.25, -0.2) is 0 Å². The lowest BCUT2D eigenvalue weighted by Crippen LogP contribution is -2.09. The number of allylic oxidation sites excluding steroid dienone is 1. The minimum atomic E-state index is 0.492. The summed E-state index contributed by atoms with van der Waals surface area (Å²) in [7, 11) is 0. The van der Waals surface area contributed by atoms with E-state index in [9.17, 15) is 0 Å². The molecule has 0 aliphatic heterocycles. The van der Waals surface area contributed by atoms with Crippen LogP contribution in [0.1, 0.15) is 38.3 Å². The first kappa shape index (κ1) is 19.4. The van der Waals surface area contributed by atoms with Gasteiger partial charge in [0.2, 0.25) is 0 Å². The van der Waals surface area contributed by atoms with E-state index in [1.807, 2.05) is 26.8 Å². The van der Waals surface area contributed by atoms with E-state index in [-0.39, 0.29) is 0 Å². The molecule has 0 aliphatic rings. The summed E-state index contributed by atoms with van der Waals surface area (Å²) in [6, 6.07) is 0. The maximum Gasteiger partial charge on any atom is 0.140 e. The zero-order valence-corrected chi connectivity index (χ0v) is 16.8. The number of ether oxygens (including phenoxy) is 3. The SMILES string of the molecule is CC=COCCOc1c(Br)c(C)c(Br)c(OCC)c1CCC. The molecule has 22 heavy (non-hydrogen) atoms. The summed E-state index contributed by atoms with van der Waals surface area (Å²) in [5.41, 5.74) is 2.17. The van der Waals surface area contributed by atoms with Gasteiger partial charge in [-0.2, -0.15) is 0 Å². The normalized spacial score (nSPS) is 11.0. The molecule has 0 saturated carbocycles. The second kappa shape index (κ2) is 10.2. The molecule has 0 spiro atoms. The third-order valence-corrected chi connectivity index (χ3v) is 4.98. The highest BCUT2D eigenvalue weighted by Crippen LogP contribution is 2.45. The van der Waals surface area contributed by atoms with Crippen LogP contribution in [0.2, 0.25) is 0 Å². The molecule has 1 aromatic carbocycles. The molecule has 0 fully saturated rings. The molecule has 0 amide bonds. The van der Waals surface area contributed by atoms with Crippen LogP contribution in [0, 0.1) is 6.92 Å². The van der Waals surface area contributed by atoms with Gasteiger partial charge < -0.3 is 14.2 Å². The summed E-state index contributed by atoms with van der Waals surface area (Å²) in [5.74, 6) is 1.74. The molecule has 1 aromatic rings. The van der Waals surface area contributed by atoms with E-state index in [2.05, 4.69) is 38.8 Å². The van der Waals surface area contributed by atoms with Crippen molar-refractivity contribution in [1.29, 1.82) is 0 Å². The monoisotopic (exact) mass is 434 g/mol. The van der Waals surface area contributed by atoms with Gasteiger partial charge in [0.1, 0.15) is 24.7 Å². The van der Waals surface area contributed by atoms with Crippen molar-refractivity contribution < 1.29 is 14.2 Å². The molecule has 0 aliphatic carbocycles. The first-order chi connectivity index (χ1) is 10.6. The van der Waals surface area contributed by atoms with Crippen molar-refractivity contribution >= 4 is 31.9 Å². The molecule has 1 rings (SSSR count). The highest BCUT2D eigenvalue weighted by Gasteiger charge is 2.21. The second-order valence-electron chi connectivity index (χ2n) is 4.76. The lowest BCUT2D eigenvalue weighted by molar-refractivity contribution is 0.176. The van der Waals surface area contributed by atoms with Crippen molar-refractivity contribution in [1.82, 2.24) is 0 Å². The molecule has 0 heterocycles. The molecule has 0 aromatic heterocycles. The van der Waals surface area contributed by atoms with E-state index in [1.54, 1.807) is 6.26 Å². The topological polar surface area (TPSA) is 27.7 Å². The standard InChI is InChI=1S/C17H24Br2O3/c1-5-8-13-16(21-7-3)14(18)12(4)15(19)17(13)22-11-10-20-9-6-2/h6,9H,5,7-8,10-11H2,1-4H3. The van der Waals surface area contributed by atoms with Crippen LogP contribution in [0.25, 0.3) is 0 Å². The quantitative estimate of drug-likeness (QED) is 0.362. The van der Waals surface area contributed by atoms with Gasteiger partial charge in [0, 0.05) is 5.56 Å². The zero-order chi connectivity index (χ0) is 16.5.